The highest BCUT2D eigenvalue weighted by atomic mass is 16.6. The van der Waals surface area contributed by atoms with Gasteiger partial charge in [-0.05, 0) is 24.1 Å². The minimum atomic E-state index is -0.962. The number of fused-ring (bicyclic) bond motifs is 1. The Hall–Kier alpha value is -3.88. The lowest BCUT2D eigenvalue weighted by Crippen LogP contribution is -2.35. The van der Waals surface area contributed by atoms with Crippen molar-refractivity contribution in [3.63, 3.8) is 0 Å². The third-order valence-corrected chi connectivity index (χ3v) is 4.79. The third kappa shape index (κ3) is 4.82. The van der Waals surface area contributed by atoms with Gasteiger partial charge in [-0.1, -0.05) is 30.4 Å². The second-order valence-electron chi connectivity index (χ2n) is 6.82. The standard InChI is InChI=1S/C22H23N3O6/c1-24(22(29)31-14-15-8-5-3-4-6-9-15)12-13-25-16-10-7-11-23-18(16)19(26)17(20(25)27)21(28)30-2/h3-5,7-11,26H,6,12-14H2,1-2H3. The van der Waals surface area contributed by atoms with Crippen molar-refractivity contribution in [2.75, 3.05) is 27.3 Å². The van der Waals surface area contributed by atoms with Gasteiger partial charge in [0.15, 0.2) is 11.3 Å². The van der Waals surface area contributed by atoms with Crippen molar-refractivity contribution in [2.24, 2.45) is 0 Å². The Morgan fingerprint density at radius 3 is 2.90 bits per heavy atom. The summed E-state index contributed by atoms with van der Waals surface area (Å²) in [6.07, 6.45) is 11.3. The summed E-state index contributed by atoms with van der Waals surface area (Å²) in [5, 5.41) is 10.4. The van der Waals surface area contributed by atoms with E-state index in [1.54, 1.807) is 19.2 Å². The summed E-state index contributed by atoms with van der Waals surface area (Å²) in [5.41, 5.74) is 0.0860. The number of rotatable bonds is 6. The highest BCUT2D eigenvalue weighted by Gasteiger charge is 2.24. The molecule has 2 aromatic heterocycles. The van der Waals surface area contributed by atoms with Gasteiger partial charge in [0.05, 0.1) is 12.6 Å². The number of hydrogen-bond donors (Lipinski definition) is 1. The fraction of sp³-hybridized carbons (Fsp3) is 0.273. The second kappa shape index (κ2) is 9.75. The molecule has 0 aliphatic heterocycles. The van der Waals surface area contributed by atoms with Gasteiger partial charge in [-0.25, -0.2) is 9.59 Å². The molecule has 0 saturated heterocycles. The van der Waals surface area contributed by atoms with E-state index in [0.29, 0.717) is 5.52 Å². The molecule has 0 saturated carbocycles. The maximum Gasteiger partial charge on any atom is 0.409 e. The first-order valence-corrected chi connectivity index (χ1v) is 9.63. The predicted octanol–water partition coefficient (Wildman–Crippen LogP) is 2.40. The predicted molar refractivity (Wildman–Crippen MR) is 114 cm³/mol. The highest BCUT2D eigenvalue weighted by Crippen LogP contribution is 2.24. The number of pyridine rings is 2. The molecule has 1 amide bonds. The third-order valence-electron chi connectivity index (χ3n) is 4.79. The van der Waals surface area contributed by atoms with E-state index in [-0.39, 0.29) is 25.2 Å². The number of nitrogens with zero attached hydrogens (tertiary/aromatic N) is 3. The lowest BCUT2D eigenvalue weighted by molar-refractivity contribution is 0.0594. The number of likely N-dealkylation sites (N-methyl/N-ethyl adjacent to an activating group) is 1. The summed E-state index contributed by atoms with van der Waals surface area (Å²) in [6.45, 7) is 0.327. The molecule has 0 aromatic carbocycles. The molecule has 162 valence electrons. The molecule has 1 aliphatic rings. The monoisotopic (exact) mass is 425 g/mol. The maximum atomic E-state index is 12.9. The number of hydrogen-bond acceptors (Lipinski definition) is 7. The highest BCUT2D eigenvalue weighted by molar-refractivity contribution is 5.98. The number of aromatic nitrogens is 2. The lowest BCUT2D eigenvalue weighted by atomic mass is 10.2. The number of esters is 1. The average Bonchev–Trinajstić information content (AvgIpc) is 3.06. The Bertz CT molecular complexity index is 1150. The topological polar surface area (TPSA) is 111 Å². The number of allylic oxidation sites excluding steroid dienone is 4. The molecular weight excluding hydrogens is 402 g/mol. The van der Waals surface area contributed by atoms with Gasteiger partial charge in [-0.15, -0.1) is 0 Å². The molecule has 0 bridgehead atoms. The molecule has 3 rings (SSSR count). The molecule has 1 aliphatic carbocycles. The Kier molecular flexibility index (Phi) is 6.86. The van der Waals surface area contributed by atoms with E-state index >= 15 is 0 Å². The molecule has 0 spiro atoms. The molecule has 0 fully saturated rings. The van der Waals surface area contributed by atoms with Crippen molar-refractivity contribution in [3.05, 3.63) is 70.2 Å². The summed E-state index contributed by atoms with van der Waals surface area (Å²) < 4.78 is 11.2. The van der Waals surface area contributed by atoms with Gasteiger partial charge in [-0.2, -0.15) is 0 Å². The lowest BCUT2D eigenvalue weighted by Gasteiger charge is -2.19. The van der Waals surface area contributed by atoms with Gasteiger partial charge in [0.1, 0.15) is 12.1 Å². The van der Waals surface area contributed by atoms with Crippen LogP contribution in [-0.2, 0) is 16.0 Å². The first kappa shape index (κ1) is 21.8. The Balaban J connectivity index is 1.77. The zero-order valence-corrected chi connectivity index (χ0v) is 17.3. The number of methoxy groups -OCH3 is 1. The molecular formula is C22H23N3O6. The van der Waals surface area contributed by atoms with E-state index in [1.165, 1.54) is 15.7 Å². The number of carbonyl (C=O) groups excluding carboxylic acids is 2. The van der Waals surface area contributed by atoms with Gasteiger partial charge in [0, 0.05) is 26.3 Å². The van der Waals surface area contributed by atoms with Crippen LogP contribution < -0.4 is 5.56 Å². The molecule has 0 unspecified atom stereocenters. The number of carbonyl (C=O) groups is 2. The zero-order valence-electron chi connectivity index (χ0n) is 17.3. The Labute approximate surface area is 178 Å². The smallest absolute Gasteiger partial charge is 0.409 e. The Morgan fingerprint density at radius 1 is 1.32 bits per heavy atom. The molecule has 2 aromatic rings. The molecule has 0 radical (unpaired) electrons. The fourth-order valence-corrected chi connectivity index (χ4v) is 3.10. The van der Waals surface area contributed by atoms with Crippen molar-refractivity contribution in [2.45, 2.75) is 13.0 Å². The van der Waals surface area contributed by atoms with Gasteiger partial charge < -0.3 is 24.0 Å². The Morgan fingerprint density at radius 2 is 2.13 bits per heavy atom. The van der Waals surface area contributed by atoms with Crippen LogP contribution in [0.3, 0.4) is 0 Å². The van der Waals surface area contributed by atoms with E-state index in [4.69, 9.17) is 4.74 Å². The SMILES string of the molecule is COC(=O)c1c(O)c2ncccc2n(CCN(C)C(=O)OCC2=CCC=CC=C2)c1=O. The van der Waals surface area contributed by atoms with Crippen molar-refractivity contribution in [1.29, 1.82) is 0 Å². The molecule has 2 heterocycles. The average molecular weight is 425 g/mol. The van der Waals surface area contributed by atoms with Crippen molar-refractivity contribution < 1.29 is 24.2 Å². The second-order valence-corrected chi connectivity index (χ2v) is 6.82. The van der Waals surface area contributed by atoms with Crippen LogP contribution in [0, 0.1) is 0 Å². The summed E-state index contributed by atoms with van der Waals surface area (Å²) >= 11 is 0. The fourth-order valence-electron chi connectivity index (χ4n) is 3.10. The quantitative estimate of drug-likeness (QED) is 0.708. The molecule has 1 N–H and O–H groups in total. The minimum absolute atomic E-state index is 0.0589. The summed E-state index contributed by atoms with van der Waals surface area (Å²) in [4.78, 5) is 42.6. The van der Waals surface area contributed by atoms with Crippen LogP contribution in [-0.4, -0.2) is 58.9 Å². The normalized spacial score (nSPS) is 12.9. The number of aromatic hydroxyl groups is 1. The first-order chi connectivity index (χ1) is 14.9. The van der Waals surface area contributed by atoms with Crippen molar-refractivity contribution in [1.82, 2.24) is 14.5 Å². The van der Waals surface area contributed by atoms with Crippen LogP contribution in [0.5, 0.6) is 5.75 Å². The van der Waals surface area contributed by atoms with E-state index < -0.39 is 28.9 Å². The van der Waals surface area contributed by atoms with Gasteiger partial charge in [0.25, 0.3) is 5.56 Å². The van der Waals surface area contributed by atoms with Crippen LogP contribution in [0.1, 0.15) is 16.8 Å². The van der Waals surface area contributed by atoms with Crippen molar-refractivity contribution >= 4 is 23.1 Å². The number of amides is 1. The number of ether oxygens (including phenoxy) is 2. The zero-order chi connectivity index (χ0) is 22.4. The van der Waals surface area contributed by atoms with Gasteiger partial charge in [-0.3, -0.25) is 9.78 Å². The summed E-state index contributed by atoms with van der Waals surface area (Å²) in [7, 11) is 2.67. The molecule has 31 heavy (non-hydrogen) atoms. The minimum Gasteiger partial charge on any atom is -0.505 e. The van der Waals surface area contributed by atoms with Gasteiger partial charge in [0.2, 0.25) is 0 Å². The van der Waals surface area contributed by atoms with Crippen molar-refractivity contribution in [3.8, 4) is 5.75 Å². The summed E-state index contributed by atoms with van der Waals surface area (Å²) in [5.74, 6) is -1.49. The largest absolute Gasteiger partial charge is 0.505 e. The van der Waals surface area contributed by atoms with E-state index in [0.717, 1.165) is 19.1 Å². The van der Waals surface area contributed by atoms with Crippen LogP contribution in [0.15, 0.2) is 59.1 Å². The van der Waals surface area contributed by atoms with E-state index in [2.05, 4.69) is 9.72 Å². The van der Waals surface area contributed by atoms with E-state index in [1.807, 2.05) is 30.4 Å². The van der Waals surface area contributed by atoms with Crippen LogP contribution in [0.2, 0.25) is 0 Å². The van der Waals surface area contributed by atoms with Crippen LogP contribution in [0.4, 0.5) is 4.79 Å². The first-order valence-electron chi connectivity index (χ1n) is 9.63. The molecule has 0 atom stereocenters. The molecule has 9 heteroatoms. The van der Waals surface area contributed by atoms with Gasteiger partial charge >= 0.3 is 12.1 Å². The maximum absolute atomic E-state index is 12.9. The van der Waals surface area contributed by atoms with Crippen LogP contribution in [0.25, 0.3) is 11.0 Å². The van der Waals surface area contributed by atoms with Crippen LogP contribution >= 0.6 is 0 Å². The molecule has 9 nitrogen and oxygen atoms in total. The summed E-state index contributed by atoms with van der Waals surface area (Å²) in [6, 6.07) is 3.21. The van der Waals surface area contributed by atoms with E-state index in [9.17, 15) is 19.5 Å².